The van der Waals surface area contributed by atoms with E-state index in [0.717, 1.165) is 0 Å². The zero-order valence-corrected chi connectivity index (χ0v) is 8.51. The molecule has 0 atom stereocenters. The third kappa shape index (κ3) is 13.3. The molecule has 0 spiro atoms. The summed E-state index contributed by atoms with van der Waals surface area (Å²) in [5.41, 5.74) is 0. The van der Waals surface area contributed by atoms with Crippen LogP contribution in [0.5, 0.6) is 0 Å². The van der Waals surface area contributed by atoms with Gasteiger partial charge in [0, 0.05) is 33.7 Å². The van der Waals surface area contributed by atoms with E-state index in [9.17, 15) is 0 Å². The minimum Gasteiger partial charge on any atom is -0.187 e. The maximum absolute atomic E-state index is 4.72. The van der Waals surface area contributed by atoms with Crippen molar-refractivity contribution in [3.8, 4) is 0 Å². The van der Waals surface area contributed by atoms with Crippen LogP contribution < -0.4 is 0 Å². The third-order valence-electron chi connectivity index (χ3n) is 0.111. The van der Waals surface area contributed by atoms with Crippen molar-refractivity contribution in [3.05, 3.63) is 25.3 Å². The van der Waals surface area contributed by atoms with Crippen molar-refractivity contribution in [2.75, 3.05) is 0 Å². The SMILES string of the molecule is [CH+]=CC=[CH-].[Hg]. The Morgan fingerprint density at radius 2 is 1.80 bits per heavy atom. The fourth-order valence-electron chi connectivity index (χ4n) is 0. The van der Waals surface area contributed by atoms with Crippen LogP contribution in [0.15, 0.2) is 12.2 Å². The van der Waals surface area contributed by atoms with Gasteiger partial charge < -0.3 is 0 Å². The molecule has 0 rings (SSSR count). The topological polar surface area (TPSA) is 0 Å². The van der Waals surface area contributed by atoms with Gasteiger partial charge in [-0.15, -0.1) is 6.08 Å². The van der Waals surface area contributed by atoms with Crippen LogP contribution >= 0.6 is 0 Å². The Balaban J connectivity index is 0. The molecule has 0 nitrogen and oxygen atoms in total. The van der Waals surface area contributed by atoms with E-state index in [4.69, 9.17) is 13.2 Å². The van der Waals surface area contributed by atoms with Crippen LogP contribution in [0, 0.1) is 13.2 Å². The summed E-state index contributed by atoms with van der Waals surface area (Å²) in [4.78, 5) is 0. The van der Waals surface area contributed by atoms with Gasteiger partial charge in [-0.2, -0.15) is 6.58 Å². The van der Waals surface area contributed by atoms with Gasteiger partial charge in [0.25, 0.3) is 0 Å². The molecule has 22 valence electrons. The molecule has 1 heteroatoms. The van der Waals surface area contributed by atoms with Crippen LogP contribution in [-0.2, 0) is 27.7 Å². The fourth-order valence-corrected chi connectivity index (χ4v) is 0. The van der Waals surface area contributed by atoms with Crippen molar-refractivity contribution in [2.45, 2.75) is 0 Å². The molecule has 0 aromatic carbocycles. The maximum Gasteiger partial charge on any atom is 0.00639 e. The fraction of sp³-hybridized carbons (Fsp3) is 0. The van der Waals surface area contributed by atoms with Gasteiger partial charge in [-0.1, -0.05) is 6.58 Å². The minimum atomic E-state index is 0. The van der Waals surface area contributed by atoms with E-state index >= 15 is 0 Å². The Hall–Kier alpha value is 0.325. The summed E-state index contributed by atoms with van der Waals surface area (Å²) in [6.45, 7) is 9.44. The van der Waals surface area contributed by atoms with Crippen molar-refractivity contribution in [1.29, 1.82) is 0 Å². The molecule has 0 aromatic rings. The van der Waals surface area contributed by atoms with Crippen molar-refractivity contribution >= 4 is 0 Å². The summed E-state index contributed by atoms with van der Waals surface area (Å²) in [5, 5.41) is 0. The molecule has 0 radical (unpaired) electrons. The summed E-state index contributed by atoms with van der Waals surface area (Å²) in [7, 11) is 0. The van der Waals surface area contributed by atoms with Crippen LogP contribution in [0.25, 0.3) is 0 Å². The van der Waals surface area contributed by atoms with Gasteiger partial charge in [0.05, 0.1) is 0 Å². The summed E-state index contributed by atoms with van der Waals surface area (Å²) < 4.78 is 0. The monoisotopic (exact) mass is 254 g/mol. The average Bonchev–Trinajstić information content (AvgIpc) is 1.37. The van der Waals surface area contributed by atoms with E-state index in [2.05, 4.69) is 0 Å². The molecule has 0 saturated heterocycles. The van der Waals surface area contributed by atoms with E-state index in [1.165, 1.54) is 12.2 Å². The summed E-state index contributed by atoms with van der Waals surface area (Å²) in [5.74, 6) is 0. The van der Waals surface area contributed by atoms with Crippen LogP contribution in [0.2, 0.25) is 0 Å². The van der Waals surface area contributed by atoms with E-state index in [0.29, 0.717) is 0 Å². The molecule has 0 bridgehead atoms. The molecule has 0 aliphatic rings. The standard InChI is InChI=1S/C4H4.Hg/c1-3-4-2;/h1-4H;. The van der Waals surface area contributed by atoms with E-state index in [1.54, 1.807) is 0 Å². The zero-order valence-electron chi connectivity index (χ0n) is 3.02. The molecule has 0 heterocycles. The molecule has 0 aliphatic heterocycles. The molecule has 0 aliphatic carbocycles. The second kappa shape index (κ2) is 8.85. The number of allylic oxidation sites excluding steroid dienone is 2. The predicted octanol–water partition coefficient (Wildman–Crippen LogP) is 0.962. The molecule has 0 saturated carbocycles. The normalized spacial score (nSPS) is 3.80. The third-order valence-corrected chi connectivity index (χ3v) is 0.111. The van der Waals surface area contributed by atoms with Crippen molar-refractivity contribution < 1.29 is 27.7 Å². The zero-order chi connectivity index (χ0) is 3.41. The van der Waals surface area contributed by atoms with Gasteiger partial charge in [-0.25, -0.2) is 0 Å². The second-order valence-electron chi connectivity index (χ2n) is 0.385. The molecule has 0 N–H and O–H groups in total. The smallest absolute Gasteiger partial charge is 0.00639 e. The largest absolute Gasteiger partial charge is 0.187 e. The molecule has 0 aromatic heterocycles. The Kier molecular flexibility index (Phi) is 15.9. The number of hydrogen-bond acceptors (Lipinski definition) is 0. The Morgan fingerprint density at radius 1 is 1.60 bits per heavy atom. The molecular weight excluding hydrogens is 249 g/mol. The van der Waals surface area contributed by atoms with Crippen molar-refractivity contribution in [3.63, 3.8) is 0 Å². The Morgan fingerprint density at radius 3 is 1.80 bits per heavy atom. The molecule has 0 fully saturated rings. The molecule has 5 heavy (non-hydrogen) atoms. The summed E-state index contributed by atoms with van der Waals surface area (Å²) in [6.07, 6.45) is 2.56. The average molecular weight is 253 g/mol. The van der Waals surface area contributed by atoms with Crippen molar-refractivity contribution in [1.82, 2.24) is 0 Å². The summed E-state index contributed by atoms with van der Waals surface area (Å²) in [6, 6.07) is 0. The van der Waals surface area contributed by atoms with Gasteiger partial charge in [0.1, 0.15) is 0 Å². The number of hydrogen-bond donors (Lipinski definition) is 0. The second-order valence-corrected chi connectivity index (χ2v) is 0.385. The predicted molar refractivity (Wildman–Crippen MR) is 17.7 cm³/mol. The Bertz CT molecular complexity index is 24.6. The maximum atomic E-state index is 4.72. The van der Waals surface area contributed by atoms with Gasteiger partial charge >= 0.3 is 0 Å². The van der Waals surface area contributed by atoms with E-state index in [1.807, 2.05) is 0 Å². The summed E-state index contributed by atoms with van der Waals surface area (Å²) >= 11 is 0. The van der Waals surface area contributed by atoms with Crippen LogP contribution in [0.4, 0.5) is 0 Å². The molecule has 0 unspecified atom stereocenters. The molecular formula is C4H4Hg. The van der Waals surface area contributed by atoms with Crippen molar-refractivity contribution in [2.24, 2.45) is 0 Å². The number of rotatable bonds is 1. The molecule has 0 amide bonds. The van der Waals surface area contributed by atoms with Crippen LogP contribution in [-0.4, -0.2) is 0 Å². The quantitative estimate of drug-likeness (QED) is 0.371. The minimum absolute atomic E-state index is 0. The first kappa shape index (κ1) is 9.01. The first-order valence-electron chi connectivity index (χ1n) is 1.00. The van der Waals surface area contributed by atoms with Crippen LogP contribution in [0.3, 0.4) is 0 Å². The van der Waals surface area contributed by atoms with Crippen LogP contribution in [0.1, 0.15) is 0 Å². The van der Waals surface area contributed by atoms with Gasteiger partial charge in [0.2, 0.25) is 0 Å². The van der Waals surface area contributed by atoms with Gasteiger partial charge in [-0.3, -0.25) is 0 Å². The van der Waals surface area contributed by atoms with Gasteiger partial charge in [0.15, 0.2) is 0 Å². The van der Waals surface area contributed by atoms with Gasteiger partial charge in [-0.05, 0) is 0 Å². The first-order valence-corrected chi connectivity index (χ1v) is 1.00. The van der Waals surface area contributed by atoms with E-state index in [-0.39, 0.29) is 27.7 Å². The van der Waals surface area contributed by atoms with E-state index < -0.39 is 0 Å². The Labute approximate surface area is 53.1 Å². The first-order chi connectivity index (χ1) is 1.91.